The molecular weight excluding hydrogens is 360 g/mol. The van der Waals surface area contributed by atoms with Crippen LogP contribution in [-0.2, 0) is 22.6 Å². The van der Waals surface area contributed by atoms with Crippen LogP contribution in [0.3, 0.4) is 0 Å². The first-order valence-electron chi connectivity index (χ1n) is 11.2. The minimum atomic E-state index is -0.315. The van der Waals surface area contributed by atoms with E-state index in [4.69, 9.17) is 4.74 Å². The molecule has 0 N–H and O–H groups in total. The van der Waals surface area contributed by atoms with Crippen LogP contribution in [0.5, 0.6) is 0 Å². The number of carbonyl (C=O) groups excluding carboxylic acids is 1. The van der Waals surface area contributed by atoms with Gasteiger partial charge in [-0.2, -0.15) is 0 Å². The summed E-state index contributed by atoms with van der Waals surface area (Å²) < 4.78 is 9.71. The van der Waals surface area contributed by atoms with Crippen molar-refractivity contribution in [3.05, 3.63) is 55.4 Å². The number of carbonyl (C=O) groups is 1. The average molecular weight is 398 g/mol. The molecule has 0 spiro atoms. The number of nitrogens with zero attached hydrogens (tertiary/aromatic N) is 2. The molecule has 0 aliphatic heterocycles. The van der Waals surface area contributed by atoms with Gasteiger partial charge in [0.1, 0.15) is 12.4 Å². The van der Waals surface area contributed by atoms with Crippen LogP contribution < -0.4 is 4.57 Å². The maximum absolute atomic E-state index is 10.9. The number of rotatable bonds is 15. The predicted molar refractivity (Wildman–Crippen MR) is 118 cm³/mol. The number of benzene rings is 1. The second-order valence-electron chi connectivity index (χ2n) is 7.52. The number of aromatic nitrogens is 2. The molecule has 1 aromatic heterocycles. The zero-order valence-corrected chi connectivity index (χ0v) is 18.0. The number of ether oxygens (including phenoxy) is 1. The van der Waals surface area contributed by atoms with E-state index in [1.807, 2.05) is 0 Å². The first kappa shape index (κ1) is 22.9. The molecule has 0 saturated heterocycles. The molecule has 4 heteroatoms. The van der Waals surface area contributed by atoms with E-state index in [9.17, 15) is 4.79 Å². The highest BCUT2D eigenvalue weighted by atomic mass is 16.5. The Kier molecular flexibility index (Phi) is 10.9. The molecule has 2 rings (SSSR count). The van der Waals surface area contributed by atoms with Gasteiger partial charge in [-0.15, -0.1) is 0 Å². The number of unbranched alkanes of at least 4 members (excludes halogenated alkanes) is 8. The van der Waals surface area contributed by atoms with E-state index in [0.717, 1.165) is 25.9 Å². The Morgan fingerprint density at radius 1 is 1.00 bits per heavy atom. The van der Waals surface area contributed by atoms with Gasteiger partial charge in [-0.25, -0.2) is 13.9 Å². The molecule has 0 fully saturated rings. The van der Waals surface area contributed by atoms with Crippen molar-refractivity contribution in [2.24, 2.45) is 0 Å². The molecule has 0 aliphatic carbocycles. The SMILES string of the molecule is C=CC(=O)OCCCCCCCCCCCn1cc[n+](CC)c1-c1ccccc1. The highest BCUT2D eigenvalue weighted by molar-refractivity contribution is 5.81. The van der Waals surface area contributed by atoms with Crippen LogP contribution in [0.25, 0.3) is 11.4 Å². The second-order valence-corrected chi connectivity index (χ2v) is 7.52. The fourth-order valence-corrected chi connectivity index (χ4v) is 3.67. The highest BCUT2D eigenvalue weighted by Gasteiger charge is 2.17. The minimum Gasteiger partial charge on any atom is -0.463 e. The summed E-state index contributed by atoms with van der Waals surface area (Å²) in [5, 5.41) is 0. The maximum Gasteiger partial charge on any atom is 0.330 e. The highest BCUT2D eigenvalue weighted by Crippen LogP contribution is 2.17. The Bertz CT molecular complexity index is 722. The van der Waals surface area contributed by atoms with Gasteiger partial charge in [-0.3, -0.25) is 0 Å². The lowest BCUT2D eigenvalue weighted by molar-refractivity contribution is -0.682. The zero-order valence-electron chi connectivity index (χ0n) is 18.0. The lowest BCUT2D eigenvalue weighted by atomic mass is 10.1. The quantitative estimate of drug-likeness (QED) is 0.167. The summed E-state index contributed by atoms with van der Waals surface area (Å²) in [7, 11) is 0. The van der Waals surface area contributed by atoms with Crippen LogP contribution in [0.1, 0.15) is 64.7 Å². The van der Waals surface area contributed by atoms with Crippen LogP contribution in [0.15, 0.2) is 55.4 Å². The molecule has 4 nitrogen and oxygen atoms in total. The van der Waals surface area contributed by atoms with Crippen LogP contribution in [0.2, 0.25) is 0 Å². The smallest absolute Gasteiger partial charge is 0.330 e. The maximum atomic E-state index is 10.9. The molecule has 0 saturated carbocycles. The average Bonchev–Trinajstić information content (AvgIpc) is 3.17. The first-order chi connectivity index (χ1) is 14.3. The van der Waals surface area contributed by atoms with E-state index in [-0.39, 0.29) is 5.97 Å². The van der Waals surface area contributed by atoms with Gasteiger partial charge in [-0.05, 0) is 38.3 Å². The molecule has 158 valence electrons. The van der Waals surface area contributed by atoms with Crippen molar-refractivity contribution in [1.82, 2.24) is 4.57 Å². The van der Waals surface area contributed by atoms with Crippen molar-refractivity contribution in [3.8, 4) is 11.4 Å². The zero-order chi connectivity index (χ0) is 20.7. The van der Waals surface area contributed by atoms with Gasteiger partial charge in [0.05, 0.1) is 25.3 Å². The van der Waals surface area contributed by atoms with E-state index in [0.29, 0.717) is 6.61 Å². The van der Waals surface area contributed by atoms with E-state index in [2.05, 4.69) is 65.4 Å². The van der Waals surface area contributed by atoms with E-state index >= 15 is 0 Å². The molecule has 0 amide bonds. The summed E-state index contributed by atoms with van der Waals surface area (Å²) in [4.78, 5) is 10.9. The van der Waals surface area contributed by atoms with Gasteiger partial charge >= 0.3 is 5.97 Å². The van der Waals surface area contributed by atoms with Crippen molar-refractivity contribution in [3.63, 3.8) is 0 Å². The van der Waals surface area contributed by atoms with Gasteiger partial charge in [0.15, 0.2) is 0 Å². The molecule has 1 heterocycles. The van der Waals surface area contributed by atoms with Crippen LogP contribution in [0.4, 0.5) is 0 Å². The normalized spacial score (nSPS) is 10.8. The molecule has 2 aromatic rings. The van der Waals surface area contributed by atoms with Crippen LogP contribution in [-0.4, -0.2) is 17.1 Å². The fraction of sp³-hybridized carbons (Fsp3) is 0.520. The number of hydrogen-bond donors (Lipinski definition) is 0. The number of esters is 1. The number of aryl methyl sites for hydroxylation is 2. The summed E-state index contributed by atoms with van der Waals surface area (Å²) in [5.41, 5.74) is 1.29. The molecule has 0 unspecified atom stereocenters. The van der Waals surface area contributed by atoms with E-state index < -0.39 is 0 Å². The van der Waals surface area contributed by atoms with Gasteiger partial charge in [-0.1, -0.05) is 63.3 Å². The van der Waals surface area contributed by atoms with Crippen molar-refractivity contribution >= 4 is 5.97 Å². The van der Waals surface area contributed by atoms with E-state index in [1.165, 1.54) is 62.4 Å². The third-order valence-corrected chi connectivity index (χ3v) is 5.30. The van der Waals surface area contributed by atoms with E-state index in [1.54, 1.807) is 0 Å². The molecule has 0 bridgehead atoms. The predicted octanol–water partition coefficient (Wildman–Crippen LogP) is 5.70. The Labute approximate surface area is 176 Å². The lowest BCUT2D eigenvalue weighted by Crippen LogP contribution is -2.33. The summed E-state index contributed by atoms with van der Waals surface area (Å²) in [5.74, 6) is 0.997. The summed E-state index contributed by atoms with van der Waals surface area (Å²) >= 11 is 0. The van der Waals surface area contributed by atoms with Crippen LogP contribution in [0, 0.1) is 0 Å². The summed E-state index contributed by atoms with van der Waals surface area (Å²) in [6.45, 7) is 8.19. The fourth-order valence-electron chi connectivity index (χ4n) is 3.67. The molecule has 0 atom stereocenters. The lowest BCUT2D eigenvalue weighted by Gasteiger charge is -2.05. The van der Waals surface area contributed by atoms with Crippen molar-refractivity contribution in [2.45, 2.75) is 77.8 Å². The molecular formula is C25H37N2O2+. The standard InChI is InChI=1S/C25H37N2O2/c1-3-24(28)29-22-16-11-9-7-5-6-8-10-15-19-27-21-20-26(4-2)25(27)23-17-13-12-14-18-23/h3,12-14,17-18,20-21H,1,4-11,15-16,19,22H2,2H3/q+1. The van der Waals surface area contributed by atoms with Crippen molar-refractivity contribution < 1.29 is 14.1 Å². The molecule has 1 aromatic carbocycles. The largest absolute Gasteiger partial charge is 0.463 e. The monoisotopic (exact) mass is 397 g/mol. The Morgan fingerprint density at radius 3 is 2.24 bits per heavy atom. The molecule has 0 radical (unpaired) electrons. The minimum absolute atomic E-state index is 0.315. The van der Waals surface area contributed by atoms with Gasteiger partial charge < -0.3 is 4.74 Å². The second kappa shape index (κ2) is 13.8. The third-order valence-electron chi connectivity index (χ3n) is 5.30. The third kappa shape index (κ3) is 8.26. The van der Waals surface area contributed by atoms with Gasteiger partial charge in [0, 0.05) is 6.08 Å². The van der Waals surface area contributed by atoms with Crippen molar-refractivity contribution in [2.75, 3.05) is 6.61 Å². The topological polar surface area (TPSA) is 35.1 Å². The van der Waals surface area contributed by atoms with Gasteiger partial charge in [0.25, 0.3) is 5.82 Å². The Hall–Kier alpha value is -2.36. The summed E-state index contributed by atoms with van der Waals surface area (Å²) in [6.07, 6.45) is 16.7. The van der Waals surface area contributed by atoms with Crippen molar-refractivity contribution in [1.29, 1.82) is 0 Å². The first-order valence-corrected chi connectivity index (χ1v) is 11.2. The number of imidazole rings is 1. The molecule has 29 heavy (non-hydrogen) atoms. The molecule has 0 aliphatic rings. The Morgan fingerprint density at radius 2 is 1.62 bits per heavy atom. The summed E-state index contributed by atoms with van der Waals surface area (Å²) in [6, 6.07) is 10.7. The van der Waals surface area contributed by atoms with Crippen LogP contribution >= 0.6 is 0 Å². The number of hydrogen-bond acceptors (Lipinski definition) is 2. The Balaban J connectivity index is 1.56. The van der Waals surface area contributed by atoms with Gasteiger partial charge in [0.2, 0.25) is 0 Å².